The predicted octanol–water partition coefficient (Wildman–Crippen LogP) is 4.97. The summed E-state index contributed by atoms with van der Waals surface area (Å²) in [5.41, 5.74) is 2.63. The number of para-hydroxylation sites is 2. The van der Waals surface area contributed by atoms with Gasteiger partial charge in [-0.2, -0.15) is 0 Å². The molecule has 0 bridgehead atoms. The fourth-order valence-corrected chi connectivity index (χ4v) is 4.24. The van der Waals surface area contributed by atoms with Crippen molar-refractivity contribution in [2.75, 3.05) is 11.9 Å². The van der Waals surface area contributed by atoms with E-state index in [1.807, 2.05) is 54.6 Å². The molecule has 5 rings (SSSR count). The van der Waals surface area contributed by atoms with Crippen LogP contribution in [-0.4, -0.2) is 28.9 Å². The zero-order chi connectivity index (χ0) is 19.7. The minimum atomic E-state index is -0.242. The molecule has 1 aliphatic heterocycles. The van der Waals surface area contributed by atoms with Gasteiger partial charge in [-0.15, -0.1) is 0 Å². The number of aromatic nitrogens is 1. The number of anilines is 1. The number of fused-ring (bicyclic) bond motifs is 1. The molecule has 3 aromatic rings. The van der Waals surface area contributed by atoms with Crippen molar-refractivity contribution in [1.82, 2.24) is 4.98 Å². The van der Waals surface area contributed by atoms with Crippen LogP contribution in [0, 0.1) is 0 Å². The Hall–Kier alpha value is -3.21. The van der Waals surface area contributed by atoms with Crippen molar-refractivity contribution in [3.63, 3.8) is 0 Å². The number of hydrogen-bond donors (Lipinski definition) is 1. The third-order valence-corrected chi connectivity index (χ3v) is 5.84. The number of pyridine rings is 1. The van der Waals surface area contributed by atoms with Gasteiger partial charge in [-0.25, -0.2) is 9.98 Å². The van der Waals surface area contributed by atoms with Crippen molar-refractivity contribution < 1.29 is 9.53 Å². The number of carbonyl (C=O) groups excluding carboxylic acids is 1. The summed E-state index contributed by atoms with van der Waals surface area (Å²) < 4.78 is 6.00. The van der Waals surface area contributed by atoms with Gasteiger partial charge in [0.2, 0.25) is 5.90 Å². The van der Waals surface area contributed by atoms with E-state index >= 15 is 0 Å². The Kier molecular flexibility index (Phi) is 4.51. The largest absolute Gasteiger partial charge is 0.475 e. The van der Waals surface area contributed by atoms with Crippen LogP contribution in [0.25, 0.3) is 10.9 Å². The molecule has 146 valence electrons. The fourth-order valence-electron chi connectivity index (χ4n) is 4.24. The summed E-state index contributed by atoms with van der Waals surface area (Å²) in [5.74, 6) is 0.392. The van der Waals surface area contributed by atoms with Gasteiger partial charge in [-0.1, -0.05) is 55.7 Å². The minimum absolute atomic E-state index is 0.0788. The number of ether oxygens (including phenoxy) is 1. The van der Waals surface area contributed by atoms with Crippen molar-refractivity contribution in [2.24, 2.45) is 4.99 Å². The highest BCUT2D eigenvalue weighted by atomic mass is 16.5. The van der Waals surface area contributed by atoms with Crippen LogP contribution in [0.2, 0.25) is 0 Å². The number of carbonyl (C=O) groups is 1. The highest BCUT2D eigenvalue weighted by Crippen LogP contribution is 2.37. The summed E-state index contributed by atoms with van der Waals surface area (Å²) in [5, 5.41) is 4.01. The number of nitrogens with one attached hydrogen (secondary N) is 1. The molecule has 1 aromatic heterocycles. The lowest BCUT2D eigenvalue weighted by atomic mass is 9.83. The third-order valence-electron chi connectivity index (χ3n) is 5.84. The molecule has 1 fully saturated rings. The van der Waals surface area contributed by atoms with Gasteiger partial charge in [0.15, 0.2) is 0 Å². The van der Waals surface area contributed by atoms with Gasteiger partial charge in [-0.3, -0.25) is 4.79 Å². The van der Waals surface area contributed by atoms with Gasteiger partial charge >= 0.3 is 0 Å². The van der Waals surface area contributed by atoms with Crippen LogP contribution in [0.5, 0.6) is 0 Å². The Morgan fingerprint density at radius 3 is 2.62 bits per heavy atom. The Labute approximate surface area is 169 Å². The smallest absolute Gasteiger partial charge is 0.274 e. The van der Waals surface area contributed by atoms with Gasteiger partial charge < -0.3 is 10.1 Å². The monoisotopic (exact) mass is 385 g/mol. The maximum Gasteiger partial charge on any atom is 0.274 e. The molecule has 0 radical (unpaired) electrons. The zero-order valence-corrected chi connectivity index (χ0v) is 16.2. The summed E-state index contributed by atoms with van der Waals surface area (Å²) in [6.45, 7) is 0.636. The quantitative estimate of drug-likeness (QED) is 0.692. The SMILES string of the molecule is O=C(Nc1ccccc1C1=NC2(CCCCC2)CO1)c1ccc2ccccc2n1. The molecule has 29 heavy (non-hydrogen) atoms. The number of nitrogens with zero attached hydrogens (tertiary/aromatic N) is 2. The lowest BCUT2D eigenvalue weighted by Crippen LogP contribution is -2.30. The van der Waals surface area contributed by atoms with Crippen molar-refractivity contribution in [1.29, 1.82) is 0 Å². The van der Waals surface area contributed by atoms with Crippen molar-refractivity contribution in [3.8, 4) is 0 Å². The first-order valence-electron chi connectivity index (χ1n) is 10.2. The summed E-state index contributed by atoms with van der Waals surface area (Å²) >= 11 is 0. The molecular weight excluding hydrogens is 362 g/mol. The van der Waals surface area contributed by atoms with E-state index in [1.54, 1.807) is 6.07 Å². The highest BCUT2D eigenvalue weighted by Gasteiger charge is 2.38. The molecule has 0 atom stereocenters. The normalized spacial score (nSPS) is 17.7. The average Bonchev–Trinajstić information content (AvgIpc) is 3.17. The van der Waals surface area contributed by atoms with Crippen LogP contribution in [-0.2, 0) is 4.74 Å². The molecule has 1 N–H and O–H groups in total. The van der Waals surface area contributed by atoms with Gasteiger partial charge in [0.1, 0.15) is 12.3 Å². The van der Waals surface area contributed by atoms with E-state index < -0.39 is 0 Å². The van der Waals surface area contributed by atoms with Gasteiger partial charge in [0, 0.05) is 5.39 Å². The second-order valence-corrected chi connectivity index (χ2v) is 7.88. The molecule has 5 nitrogen and oxygen atoms in total. The van der Waals surface area contributed by atoms with Gasteiger partial charge in [-0.05, 0) is 37.1 Å². The summed E-state index contributed by atoms with van der Waals surface area (Å²) in [7, 11) is 0. The first-order chi connectivity index (χ1) is 14.2. The molecule has 1 aliphatic carbocycles. The average molecular weight is 385 g/mol. The summed E-state index contributed by atoms with van der Waals surface area (Å²) in [4.78, 5) is 22.3. The molecule has 5 heteroatoms. The number of benzene rings is 2. The van der Waals surface area contributed by atoms with E-state index in [2.05, 4.69) is 10.3 Å². The third kappa shape index (κ3) is 3.48. The van der Waals surface area contributed by atoms with Crippen LogP contribution in [0.1, 0.15) is 48.2 Å². The second kappa shape index (κ2) is 7.32. The summed E-state index contributed by atoms with van der Waals surface area (Å²) in [6.07, 6.45) is 5.83. The van der Waals surface area contributed by atoms with E-state index in [-0.39, 0.29) is 11.4 Å². The number of rotatable bonds is 3. The predicted molar refractivity (Wildman–Crippen MR) is 114 cm³/mol. The molecule has 2 aliphatic rings. The topological polar surface area (TPSA) is 63.6 Å². The summed E-state index contributed by atoms with van der Waals surface area (Å²) in [6, 6.07) is 19.1. The number of amides is 1. The van der Waals surface area contributed by atoms with Crippen LogP contribution >= 0.6 is 0 Å². The van der Waals surface area contributed by atoms with Gasteiger partial charge in [0.25, 0.3) is 5.91 Å². The van der Waals surface area contributed by atoms with Crippen LogP contribution < -0.4 is 5.32 Å². The maximum atomic E-state index is 12.9. The first kappa shape index (κ1) is 17.9. The van der Waals surface area contributed by atoms with Crippen LogP contribution in [0.4, 0.5) is 5.69 Å². The Morgan fingerprint density at radius 2 is 1.72 bits per heavy atom. The molecule has 2 aromatic carbocycles. The fraction of sp³-hybridized carbons (Fsp3) is 0.292. The lowest BCUT2D eigenvalue weighted by molar-refractivity contribution is 0.102. The highest BCUT2D eigenvalue weighted by molar-refractivity contribution is 6.09. The lowest BCUT2D eigenvalue weighted by Gasteiger charge is -2.27. The number of aliphatic imine (C=N–C) groups is 1. The molecule has 2 heterocycles. The molecule has 0 saturated heterocycles. The maximum absolute atomic E-state index is 12.9. The first-order valence-corrected chi connectivity index (χ1v) is 10.2. The van der Waals surface area contributed by atoms with E-state index in [1.165, 1.54) is 19.3 Å². The Balaban J connectivity index is 1.42. The van der Waals surface area contributed by atoms with Crippen molar-refractivity contribution in [3.05, 3.63) is 71.9 Å². The molecule has 1 saturated carbocycles. The standard InChI is InChI=1S/C24H23N3O2/c28-22(21-13-12-17-8-2-4-10-19(17)25-21)26-20-11-5-3-9-18(20)23-27-24(16-29-23)14-6-1-7-15-24/h2-5,8-13H,1,6-7,14-16H2,(H,26,28). The Bertz CT molecular complexity index is 1100. The van der Waals surface area contributed by atoms with Crippen molar-refractivity contribution >= 4 is 28.4 Å². The van der Waals surface area contributed by atoms with Crippen molar-refractivity contribution in [2.45, 2.75) is 37.6 Å². The molecule has 1 spiro atoms. The minimum Gasteiger partial charge on any atom is -0.475 e. The van der Waals surface area contributed by atoms with Gasteiger partial charge in [0.05, 0.1) is 22.3 Å². The van der Waals surface area contributed by atoms with E-state index in [0.717, 1.165) is 29.3 Å². The van der Waals surface area contributed by atoms with E-state index in [9.17, 15) is 4.79 Å². The number of hydrogen-bond acceptors (Lipinski definition) is 4. The molecule has 1 amide bonds. The Morgan fingerprint density at radius 1 is 0.931 bits per heavy atom. The van der Waals surface area contributed by atoms with Crippen LogP contribution in [0.3, 0.4) is 0 Å². The second-order valence-electron chi connectivity index (χ2n) is 7.88. The zero-order valence-electron chi connectivity index (χ0n) is 16.2. The van der Waals surface area contributed by atoms with Crippen LogP contribution in [0.15, 0.2) is 65.7 Å². The molecular formula is C24H23N3O2. The molecule has 0 unspecified atom stereocenters. The van der Waals surface area contributed by atoms with E-state index in [0.29, 0.717) is 23.9 Å². The van der Waals surface area contributed by atoms with E-state index in [4.69, 9.17) is 9.73 Å².